The quantitative estimate of drug-likeness (QED) is 0.194. The van der Waals surface area contributed by atoms with Crippen LogP contribution in [0.15, 0.2) is 91.4 Å². The van der Waals surface area contributed by atoms with Crippen LogP contribution < -0.4 is 10.1 Å². The minimum absolute atomic E-state index is 0.0377. The number of methoxy groups -OCH3 is 1. The van der Waals surface area contributed by atoms with Gasteiger partial charge in [-0.1, -0.05) is 11.6 Å². The lowest BCUT2D eigenvalue weighted by Gasteiger charge is -2.14. The van der Waals surface area contributed by atoms with Crippen molar-refractivity contribution < 1.29 is 35.9 Å². The number of benzene rings is 3. The number of ether oxygens (including phenoxy) is 1. The van der Waals surface area contributed by atoms with Crippen molar-refractivity contribution in [2.24, 2.45) is 0 Å². The predicted molar refractivity (Wildman–Crippen MR) is 148 cm³/mol. The number of rotatable bonds is 6. The van der Waals surface area contributed by atoms with Crippen molar-refractivity contribution in [1.29, 1.82) is 0 Å². The number of alkyl halides is 6. The Kier molecular flexibility index (Phi) is 7.89. The largest absolute Gasteiger partial charge is 0.495 e. The van der Waals surface area contributed by atoms with Gasteiger partial charge in [0.15, 0.2) is 0 Å². The highest BCUT2D eigenvalue weighted by Crippen LogP contribution is 2.37. The summed E-state index contributed by atoms with van der Waals surface area (Å²) in [4.78, 5) is 16.7. The summed E-state index contributed by atoms with van der Waals surface area (Å²) in [5.41, 5.74) is -0.375. The number of hydrogen-bond donors (Lipinski definition) is 1. The van der Waals surface area contributed by atoms with Crippen LogP contribution in [0.5, 0.6) is 5.75 Å². The zero-order valence-corrected chi connectivity index (χ0v) is 22.7. The standard InChI is InChI=1S/C30H19ClF6N4O2/c1-43-26-7-2-18(14-25(26)31)27-24(17-8-10-38-11-9-17)16-41(40-27)23-5-3-22(4-6-23)39-28(42)19-12-20(29(32,33)34)15-21(13-19)30(35,36)37/h2-16H,1H3,(H,39,42). The number of carbonyl (C=O) groups is 1. The highest BCUT2D eigenvalue weighted by atomic mass is 35.5. The summed E-state index contributed by atoms with van der Waals surface area (Å²) < 4.78 is 86.1. The second-order valence-electron chi connectivity index (χ2n) is 9.22. The van der Waals surface area contributed by atoms with Crippen LogP contribution in [0.4, 0.5) is 32.0 Å². The predicted octanol–water partition coefficient (Wildman–Crippen LogP) is 8.55. The van der Waals surface area contributed by atoms with Crippen molar-refractivity contribution in [2.45, 2.75) is 12.4 Å². The van der Waals surface area contributed by atoms with E-state index in [1.165, 1.54) is 19.2 Å². The summed E-state index contributed by atoms with van der Waals surface area (Å²) in [5, 5.41) is 7.45. The van der Waals surface area contributed by atoms with Crippen LogP contribution in [0, 0.1) is 0 Å². The zero-order chi connectivity index (χ0) is 30.9. The van der Waals surface area contributed by atoms with E-state index in [1.54, 1.807) is 53.6 Å². The van der Waals surface area contributed by atoms with Gasteiger partial charge in [-0.25, -0.2) is 4.68 Å². The van der Waals surface area contributed by atoms with E-state index in [0.29, 0.717) is 39.8 Å². The lowest BCUT2D eigenvalue weighted by molar-refractivity contribution is -0.143. The lowest BCUT2D eigenvalue weighted by Crippen LogP contribution is -2.17. The Morgan fingerprint density at radius 1 is 0.837 bits per heavy atom. The first kappa shape index (κ1) is 29.6. The Balaban J connectivity index is 1.45. The van der Waals surface area contributed by atoms with Crippen LogP contribution in [-0.4, -0.2) is 27.8 Å². The second-order valence-corrected chi connectivity index (χ2v) is 9.62. The average Bonchev–Trinajstić information content (AvgIpc) is 3.42. The molecule has 6 nitrogen and oxygen atoms in total. The molecule has 2 aromatic heterocycles. The van der Waals surface area contributed by atoms with E-state index < -0.39 is 35.0 Å². The van der Waals surface area contributed by atoms with Gasteiger partial charge in [0.25, 0.3) is 5.91 Å². The fraction of sp³-hybridized carbons (Fsp3) is 0.100. The van der Waals surface area contributed by atoms with Crippen molar-refractivity contribution in [3.63, 3.8) is 0 Å². The second kappa shape index (κ2) is 11.4. The average molecular weight is 617 g/mol. The molecule has 0 unspecified atom stereocenters. The van der Waals surface area contributed by atoms with Crippen molar-refractivity contribution >= 4 is 23.2 Å². The number of aromatic nitrogens is 3. The molecule has 3 aromatic carbocycles. The molecule has 2 heterocycles. The van der Waals surface area contributed by atoms with Gasteiger partial charge in [0.05, 0.1) is 28.9 Å². The van der Waals surface area contributed by atoms with Gasteiger partial charge in [0.1, 0.15) is 11.4 Å². The molecule has 5 rings (SSSR count). The minimum Gasteiger partial charge on any atom is -0.495 e. The Hall–Kier alpha value is -4.84. The number of halogens is 7. The summed E-state index contributed by atoms with van der Waals surface area (Å²) in [6.07, 6.45) is -5.11. The van der Waals surface area contributed by atoms with E-state index in [1.807, 2.05) is 12.1 Å². The summed E-state index contributed by atoms with van der Waals surface area (Å²) in [7, 11) is 1.50. The summed E-state index contributed by atoms with van der Waals surface area (Å²) >= 11 is 6.35. The van der Waals surface area contributed by atoms with Crippen LogP contribution in [0.3, 0.4) is 0 Å². The Morgan fingerprint density at radius 2 is 1.47 bits per heavy atom. The third-order valence-electron chi connectivity index (χ3n) is 6.37. The van der Waals surface area contributed by atoms with E-state index in [4.69, 9.17) is 21.4 Å². The highest BCUT2D eigenvalue weighted by Gasteiger charge is 2.37. The molecule has 220 valence electrons. The maximum absolute atomic E-state index is 13.2. The molecule has 0 spiro atoms. The third-order valence-corrected chi connectivity index (χ3v) is 6.67. The molecule has 1 amide bonds. The highest BCUT2D eigenvalue weighted by molar-refractivity contribution is 6.32. The zero-order valence-electron chi connectivity index (χ0n) is 22.0. The summed E-state index contributed by atoms with van der Waals surface area (Å²) in [5.74, 6) is -0.644. The molecule has 0 radical (unpaired) electrons. The van der Waals surface area contributed by atoms with E-state index in [2.05, 4.69) is 10.3 Å². The molecule has 0 saturated heterocycles. The Morgan fingerprint density at radius 3 is 2.02 bits per heavy atom. The molecule has 5 aromatic rings. The monoisotopic (exact) mass is 616 g/mol. The topological polar surface area (TPSA) is 69.0 Å². The first-order valence-corrected chi connectivity index (χ1v) is 12.8. The Labute approximate surface area is 245 Å². The number of hydrogen-bond acceptors (Lipinski definition) is 4. The van der Waals surface area contributed by atoms with Gasteiger partial charge < -0.3 is 10.1 Å². The summed E-state index contributed by atoms with van der Waals surface area (Å²) in [6.45, 7) is 0. The van der Waals surface area contributed by atoms with E-state index in [0.717, 1.165) is 11.1 Å². The number of nitrogens with one attached hydrogen (secondary N) is 1. The van der Waals surface area contributed by atoms with Gasteiger partial charge in [-0.2, -0.15) is 31.4 Å². The van der Waals surface area contributed by atoms with E-state index in [-0.39, 0.29) is 11.8 Å². The van der Waals surface area contributed by atoms with Crippen molar-refractivity contribution in [3.05, 3.63) is 113 Å². The third kappa shape index (κ3) is 6.49. The Bertz CT molecular complexity index is 1750. The molecule has 13 heteroatoms. The molecule has 0 aliphatic carbocycles. The lowest BCUT2D eigenvalue weighted by atomic mass is 10.0. The molecule has 43 heavy (non-hydrogen) atoms. The first-order valence-electron chi connectivity index (χ1n) is 12.4. The molecule has 0 aliphatic rings. The van der Waals surface area contributed by atoms with Crippen LogP contribution in [0.1, 0.15) is 21.5 Å². The molecule has 0 fully saturated rings. The fourth-order valence-corrected chi connectivity index (χ4v) is 4.52. The number of amides is 1. The maximum atomic E-state index is 13.2. The van der Waals surface area contributed by atoms with Crippen LogP contribution in [-0.2, 0) is 12.4 Å². The number of anilines is 1. The molecule has 0 atom stereocenters. The van der Waals surface area contributed by atoms with E-state index in [9.17, 15) is 31.1 Å². The number of carbonyl (C=O) groups excluding carboxylic acids is 1. The minimum atomic E-state index is -5.08. The van der Waals surface area contributed by atoms with Crippen LogP contribution in [0.25, 0.3) is 28.1 Å². The normalized spacial score (nSPS) is 11.8. The van der Waals surface area contributed by atoms with Gasteiger partial charge in [-0.05, 0) is 78.4 Å². The number of pyridine rings is 1. The molecular formula is C30H19ClF6N4O2. The molecule has 0 saturated carbocycles. The maximum Gasteiger partial charge on any atom is 0.416 e. The van der Waals surface area contributed by atoms with Crippen LogP contribution >= 0.6 is 11.6 Å². The molecule has 1 N–H and O–H groups in total. The van der Waals surface area contributed by atoms with Crippen molar-refractivity contribution in [3.8, 4) is 33.8 Å². The molecular weight excluding hydrogens is 598 g/mol. The van der Waals surface area contributed by atoms with Gasteiger partial charge in [-0.3, -0.25) is 9.78 Å². The van der Waals surface area contributed by atoms with Gasteiger partial charge in [0.2, 0.25) is 0 Å². The van der Waals surface area contributed by atoms with Gasteiger partial charge >= 0.3 is 12.4 Å². The van der Waals surface area contributed by atoms with E-state index >= 15 is 0 Å². The first-order chi connectivity index (χ1) is 20.3. The summed E-state index contributed by atoms with van der Waals surface area (Å²) in [6, 6.07) is 15.6. The van der Waals surface area contributed by atoms with Crippen molar-refractivity contribution in [1.82, 2.24) is 14.8 Å². The smallest absolute Gasteiger partial charge is 0.416 e. The SMILES string of the molecule is COc1ccc(-c2nn(-c3ccc(NC(=O)c4cc(C(F)(F)F)cc(C(F)(F)F)c4)cc3)cc2-c2ccncc2)cc1Cl. The molecule has 0 aliphatic heterocycles. The molecule has 0 bridgehead atoms. The van der Waals surface area contributed by atoms with Crippen molar-refractivity contribution in [2.75, 3.05) is 12.4 Å². The number of nitrogens with zero attached hydrogens (tertiary/aromatic N) is 3. The fourth-order valence-electron chi connectivity index (χ4n) is 4.26. The van der Waals surface area contributed by atoms with Gasteiger partial charge in [0, 0.05) is 41.0 Å². The van der Waals surface area contributed by atoms with Gasteiger partial charge in [-0.15, -0.1) is 0 Å². The van der Waals surface area contributed by atoms with Crippen LogP contribution in [0.2, 0.25) is 5.02 Å².